The van der Waals surface area contributed by atoms with Crippen LogP contribution in [0.15, 0.2) is 144 Å². The molecule has 0 aliphatic carbocycles. The number of aromatic nitrogens is 4. The summed E-state index contributed by atoms with van der Waals surface area (Å²) in [5, 5.41) is 3.41. The van der Waals surface area contributed by atoms with Crippen LogP contribution in [0.5, 0.6) is 0 Å². The fourth-order valence-corrected chi connectivity index (χ4v) is 7.11. The number of fused-ring (bicyclic) bond motifs is 5. The monoisotopic (exact) mass is 622 g/mol. The molecule has 48 heavy (non-hydrogen) atoms. The van der Waals surface area contributed by atoms with Gasteiger partial charge in [0.1, 0.15) is 11.4 Å². The van der Waals surface area contributed by atoms with Gasteiger partial charge in [-0.2, -0.15) is 0 Å². The predicted octanol–water partition coefficient (Wildman–Crippen LogP) is 9.83. The molecule has 4 heterocycles. The van der Waals surface area contributed by atoms with E-state index in [-0.39, 0.29) is 5.41 Å². The lowest BCUT2D eigenvalue weighted by atomic mass is 9.86. The quantitative estimate of drug-likeness (QED) is 0.142. The fourth-order valence-electron chi connectivity index (χ4n) is 7.11. The second kappa shape index (κ2) is 10.8. The van der Waals surface area contributed by atoms with Gasteiger partial charge in [-0.25, -0.2) is 4.98 Å². The van der Waals surface area contributed by atoms with Crippen LogP contribution in [0.1, 0.15) is 37.5 Å². The van der Waals surface area contributed by atoms with Crippen LogP contribution < -0.4 is 4.57 Å². The van der Waals surface area contributed by atoms with Crippen molar-refractivity contribution in [1.29, 1.82) is 0 Å². The molecule has 5 aromatic carbocycles. The van der Waals surface area contributed by atoms with Gasteiger partial charge in [0.15, 0.2) is 0 Å². The Morgan fingerprint density at radius 2 is 1.48 bits per heavy atom. The first-order valence-electron chi connectivity index (χ1n) is 16.4. The lowest BCUT2D eigenvalue weighted by molar-refractivity contribution is -0.573. The average Bonchev–Trinajstić information content (AvgIpc) is 3.82. The van der Waals surface area contributed by atoms with E-state index in [1.54, 1.807) is 6.26 Å². The van der Waals surface area contributed by atoms with Crippen molar-refractivity contribution in [2.45, 2.75) is 32.6 Å². The van der Waals surface area contributed by atoms with Crippen LogP contribution in [0.2, 0.25) is 0 Å². The van der Waals surface area contributed by atoms with Crippen molar-refractivity contribution in [3.8, 4) is 17.2 Å². The molecule has 0 N–H and O–H groups in total. The number of hydrogen-bond donors (Lipinski definition) is 0. The number of rotatable bonds is 5. The highest BCUT2D eigenvalue weighted by atomic mass is 16.3. The lowest BCUT2D eigenvalue weighted by Crippen LogP contribution is -2.33. The van der Waals surface area contributed by atoms with Gasteiger partial charge < -0.3 is 4.42 Å². The molecular weight excluding hydrogens is 589 g/mol. The number of imidazole rings is 1. The topological polar surface area (TPSA) is 39.8 Å². The minimum atomic E-state index is -0.00501. The largest absolute Gasteiger partial charge is 0.464 e. The van der Waals surface area contributed by atoms with E-state index in [2.05, 4.69) is 156 Å². The summed E-state index contributed by atoms with van der Waals surface area (Å²) >= 11 is 0. The Morgan fingerprint density at radius 1 is 0.708 bits per heavy atom. The third kappa shape index (κ3) is 4.62. The molecule has 0 amide bonds. The minimum Gasteiger partial charge on any atom is -0.464 e. The van der Waals surface area contributed by atoms with Crippen molar-refractivity contribution in [3.63, 3.8) is 0 Å². The summed E-state index contributed by atoms with van der Waals surface area (Å²) in [6, 6.07) is 45.4. The highest BCUT2D eigenvalue weighted by molar-refractivity contribution is 6.09. The number of para-hydroxylation sites is 4. The van der Waals surface area contributed by atoms with E-state index in [4.69, 9.17) is 9.40 Å². The second-order valence-corrected chi connectivity index (χ2v) is 13.6. The van der Waals surface area contributed by atoms with Crippen LogP contribution >= 0.6 is 0 Å². The Morgan fingerprint density at radius 3 is 2.38 bits per heavy atom. The summed E-state index contributed by atoms with van der Waals surface area (Å²) in [5.74, 6) is 0.846. The standard InChI is InChI=1S/C43H34N4O/c1-43(2,3)35-14-5-7-16-37(35)46-28-45(38-17-8-9-18-39(38)46)32-12-10-11-29(24-32)23-30-19-20-34-33-13-4-6-15-36(33)47(40(34)25-30)42-26-41-31(27-44-42)21-22-48-41/h4-22,24-27H,23H2,1-3H3. The Labute approximate surface area is 278 Å². The van der Waals surface area contributed by atoms with Crippen LogP contribution in [-0.4, -0.2) is 14.1 Å². The molecule has 0 saturated carbocycles. The van der Waals surface area contributed by atoms with Crippen molar-refractivity contribution in [1.82, 2.24) is 14.1 Å². The van der Waals surface area contributed by atoms with Crippen molar-refractivity contribution < 1.29 is 8.98 Å². The summed E-state index contributed by atoms with van der Waals surface area (Å²) in [5.41, 5.74) is 11.3. The van der Waals surface area contributed by atoms with Crippen molar-refractivity contribution >= 4 is 43.8 Å². The van der Waals surface area contributed by atoms with Gasteiger partial charge in [0, 0.05) is 28.4 Å². The predicted molar refractivity (Wildman–Crippen MR) is 193 cm³/mol. The molecule has 4 aromatic heterocycles. The van der Waals surface area contributed by atoms with Gasteiger partial charge in [-0.15, -0.1) is 0 Å². The highest BCUT2D eigenvalue weighted by Gasteiger charge is 2.21. The Hall–Kier alpha value is -5.94. The van der Waals surface area contributed by atoms with E-state index >= 15 is 0 Å². The summed E-state index contributed by atoms with van der Waals surface area (Å²) in [7, 11) is 0. The van der Waals surface area contributed by atoms with E-state index < -0.39 is 0 Å². The molecule has 5 nitrogen and oxygen atoms in total. The van der Waals surface area contributed by atoms with Gasteiger partial charge in [0.05, 0.1) is 39.7 Å². The average molecular weight is 623 g/mol. The first-order chi connectivity index (χ1) is 23.4. The Bertz CT molecular complexity index is 2650. The maximum absolute atomic E-state index is 5.75. The number of benzene rings is 5. The van der Waals surface area contributed by atoms with E-state index in [0.717, 1.165) is 56.6 Å². The van der Waals surface area contributed by atoms with Gasteiger partial charge in [-0.1, -0.05) is 106 Å². The molecule has 0 spiro atoms. The molecule has 9 aromatic rings. The SMILES string of the molecule is CC(C)(C)c1ccccc1-[n+]1[c-]n(-c2cccc(Cc3ccc4c5ccccc5n(-c5cc6occc6cn5)c4c3)c2)c2ccccc21. The van der Waals surface area contributed by atoms with Gasteiger partial charge in [0.25, 0.3) is 6.33 Å². The summed E-state index contributed by atoms with van der Waals surface area (Å²) < 4.78 is 12.4. The number of nitrogens with zero attached hydrogens (tertiary/aromatic N) is 4. The first-order valence-corrected chi connectivity index (χ1v) is 16.4. The first kappa shape index (κ1) is 28.3. The highest BCUT2D eigenvalue weighted by Crippen LogP contribution is 2.34. The summed E-state index contributed by atoms with van der Waals surface area (Å²) in [6.45, 7) is 6.79. The van der Waals surface area contributed by atoms with Crippen molar-refractivity contribution in [3.05, 3.63) is 163 Å². The fraction of sp³-hybridized carbons (Fsp3) is 0.116. The van der Waals surface area contributed by atoms with Crippen LogP contribution in [0.3, 0.4) is 0 Å². The maximum atomic E-state index is 5.75. The molecule has 0 fully saturated rings. The molecular formula is C43H34N4O. The zero-order valence-corrected chi connectivity index (χ0v) is 27.2. The summed E-state index contributed by atoms with van der Waals surface area (Å²) in [4.78, 5) is 4.84. The van der Waals surface area contributed by atoms with E-state index in [1.165, 1.54) is 27.5 Å². The second-order valence-electron chi connectivity index (χ2n) is 13.6. The summed E-state index contributed by atoms with van der Waals surface area (Å²) in [6.07, 6.45) is 8.11. The van der Waals surface area contributed by atoms with E-state index in [1.807, 2.05) is 18.3 Å². The number of furan rings is 1. The molecule has 5 heteroatoms. The minimum absolute atomic E-state index is 0.00501. The number of hydrogen-bond acceptors (Lipinski definition) is 2. The van der Waals surface area contributed by atoms with Gasteiger partial charge in [-0.05, 0) is 64.9 Å². The molecule has 0 aliphatic heterocycles. The van der Waals surface area contributed by atoms with Crippen LogP contribution in [-0.2, 0) is 11.8 Å². The third-order valence-electron chi connectivity index (χ3n) is 9.38. The normalized spacial score (nSPS) is 12.1. The smallest absolute Gasteiger partial charge is 0.269 e. The van der Waals surface area contributed by atoms with E-state index in [9.17, 15) is 0 Å². The Kier molecular flexibility index (Phi) is 6.37. The zero-order valence-electron chi connectivity index (χ0n) is 27.2. The van der Waals surface area contributed by atoms with Crippen LogP contribution in [0.25, 0.3) is 61.0 Å². The van der Waals surface area contributed by atoms with Crippen molar-refractivity contribution in [2.24, 2.45) is 0 Å². The molecule has 0 bridgehead atoms. The Balaban J connectivity index is 1.13. The molecule has 0 radical (unpaired) electrons. The molecule has 9 rings (SSSR count). The van der Waals surface area contributed by atoms with Crippen LogP contribution in [0, 0.1) is 6.33 Å². The maximum Gasteiger partial charge on any atom is 0.269 e. The lowest BCUT2D eigenvalue weighted by Gasteiger charge is -2.23. The number of pyridine rings is 1. The van der Waals surface area contributed by atoms with E-state index in [0.29, 0.717) is 0 Å². The molecule has 232 valence electrons. The molecule has 0 atom stereocenters. The zero-order chi connectivity index (χ0) is 32.4. The van der Waals surface area contributed by atoms with Gasteiger partial charge >= 0.3 is 0 Å². The van der Waals surface area contributed by atoms with Gasteiger partial charge in [0.2, 0.25) is 0 Å². The molecule has 0 saturated heterocycles. The van der Waals surface area contributed by atoms with Gasteiger partial charge in [-0.3, -0.25) is 13.7 Å². The van der Waals surface area contributed by atoms with Crippen LogP contribution in [0.4, 0.5) is 0 Å². The molecule has 0 aliphatic rings. The third-order valence-corrected chi connectivity index (χ3v) is 9.38. The van der Waals surface area contributed by atoms with Crippen molar-refractivity contribution in [2.75, 3.05) is 0 Å². The molecule has 0 unspecified atom stereocenters.